The van der Waals surface area contributed by atoms with Crippen LogP contribution in [0.5, 0.6) is 5.75 Å². The molecule has 0 aliphatic carbocycles. The summed E-state index contributed by atoms with van der Waals surface area (Å²) in [6.07, 6.45) is 0. The maximum atomic E-state index is 4.87. The van der Waals surface area contributed by atoms with Crippen molar-refractivity contribution in [3.05, 3.63) is 30.3 Å². The van der Waals surface area contributed by atoms with Gasteiger partial charge < -0.3 is 0 Å². The van der Waals surface area contributed by atoms with Crippen molar-refractivity contribution in [2.45, 2.75) is 0 Å². The topological polar surface area (TPSA) is 21.6 Å². The molecule has 0 radical (unpaired) electrons. The van der Waals surface area contributed by atoms with E-state index in [1.807, 2.05) is 30.3 Å². The van der Waals surface area contributed by atoms with E-state index in [1.165, 1.54) is 0 Å². The molecule has 9 heavy (non-hydrogen) atoms. The van der Waals surface area contributed by atoms with Crippen molar-refractivity contribution in [1.29, 1.82) is 0 Å². The Hall–Kier alpha value is -0.297. The van der Waals surface area contributed by atoms with Crippen LogP contribution in [0.15, 0.2) is 33.4 Å². The summed E-state index contributed by atoms with van der Waals surface area (Å²) in [4.78, 5) is 4.87. The molecule has 1 aromatic rings. The van der Waals surface area contributed by atoms with Gasteiger partial charge in [-0.3, -0.25) is 0 Å². The zero-order valence-corrected chi connectivity index (χ0v) is 7.20. The summed E-state index contributed by atoms with van der Waals surface area (Å²) in [5, 5.41) is 0. The molecule has 0 N–H and O–H groups in total. The van der Waals surface area contributed by atoms with Gasteiger partial charge in [0.1, 0.15) is 0 Å². The van der Waals surface area contributed by atoms with Gasteiger partial charge in [-0.25, -0.2) is 0 Å². The fraction of sp³-hybridized carbons (Fsp3) is 0. The fourth-order valence-corrected chi connectivity index (χ4v) is 0.793. The van der Waals surface area contributed by atoms with Crippen molar-refractivity contribution in [2.75, 3.05) is 0 Å². The molecule has 0 aliphatic rings. The van der Waals surface area contributed by atoms with Crippen molar-refractivity contribution < 1.29 is 29.4 Å². The predicted molar refractivity (Wildman–Crippen MR) is 29.5 cm³/mol. The first kappa shape index (κ1) is 6.82. The van der Waals surface area contributed by atoms with Crippen molar-refractivity contribution >= 4 is 0 Å². The molecule has 1 aromatic carbocycles. The van der Waals surface area contributed by atoms with Crippen LogP contribution < -0.4 is 4.84 Å². The summed E-state index contributed by atoms with van der Waals surface area (Å²) < 4.78 is 3.60. The number of rotatable bonds is 2. The molecule has 0 atom stereocenters. The van der Waals surface area contributed by atoms with Gasteiger partial charge in [0.25, 0.3) is 0 Å². The molecule has 2 nitrogen and oxygen atoms in total. The Labute approximate surface area is 68.6 Å². The van der Waals surface area contributed by atoms with Crippen LogP contribution >= 0.6 is 0 Å². The third-order valence-corrected chi connectivity index (χ3v) is 1.12. The van der Waals surface area contributed by atoms with Gasteiger partial charge in [0.15, 0.2) is 0 Å². The first-order valence-electron chi connectivity index (χ1n) is 2.52. The number of benzene rings is 1. The second-order valence-electron chi connectivity index (χ2n) is 1.50. The monoisotopic (exact) mass is 197 g/mol. The van der Waals surface area contributed by atoms with E-state index in [-0.39, 0.29) is 0 Å². The molecular weight excluding hydrogens is 193 g/mol. The first-order chi connectivity index (χ1) is 4.43. The molecule has 0 saturated heterocycles. The van der Waals surface area contributed by atoms with Crippen LogP contribution in [0.25, 0.3) is 0 Å². The molecule has 44 valence electrons. The fourth-order valence-electron chi connectivity index (χ4n) is 0.534. The van der Waals surface area contributed by atoms with E-state index in [0.717, 1.165) is 30.3 Å². The van der Waals surface area contributed by atoms with Crippen LogP contribution in [0.1, 0.15) is 0 Å². The molecule has 0 saturated carbocycles. The van der Waals surface area contributed by atoms with Crippen molar-refractivity contribution in [2.24, 2.45) is 3.04 Å². The van der Waals surface area contributed by atoms with Crippen LogP contribution in [0.3, 0.4) is 0 Å². The minimum absolute atomic E-state index is 0.800. The average molecular weight is 198 g/mol. The number of hydrogen-bond acceptors (Lipinski definition) is 2. The molecule has 1 rings (SSSR count). The Bertz CT molecular complexity index is 188. The SMILES string of the molecule is [Zr]=[N]Oc1ccccc1. The Balaban J connectivity index is 2.72. The Kier molecular flexibility index (Phi) is 2.78. The summed E-state index contributed by atoms with van der Waals surface area (Å²) in [7, 11) is 0. The molecule has 0 unspecified atom stereocenters. The Morgan fingerprint density at radius 1 is 1.22 bits per heavy atom. The molecule has 3 heteroatoms. The summed E-state index contributed by atoms with van der Waals surface area (Å²) in [5.41, 5.74) is 0. The van der Waals surface area contributed by atoms with Gasteiger partial charge in [0.05, 0.1) is 0 Å². The molecule has 0 heterocycles. The van der Waals surface area contributed by atoms with Gasteiger partial charge in [-0.2, -0.15) is 0 Å². The summed E-state index contributed by atoms with van der Waals surface area (Å²) >= 11 is 1.04. The number of para-hydroxylation sites is 1. The molecule has 0 fully saturated rings. The standard InChI is InChI=1S/C6H5NO.Zr/c7-8-6-4-2-1-3-5-6;/h1-5H;. The minimum atomic E-state index is 0.800. The summed E-state index contributed by atoms with van der Waals surface area (Å²) in [5.74, 6) is 0.800. The van der Waals surface area contributed by atoms with E-state index < -0.39 is 0 Å². The molecule has 0 bridgehead atoms. The van der Waals surface area contributed by atoms with Crippen LogP contribution in [-0.2, 0) is 24.6 Å². The van der Waals surface area contributed by atoms with Crippen molar-refractivity contribution in [1.82, 2.24) is 0 Å². The quantitative estimate of drug-likeness (QED) is 0.663. The maximum absolute atomic E-state index is 4.87. The third-order valence-electron chi connectivity index (χ3n) is 0.894. The second kappa shape index (κ2) is 3.68. The Morgan fingerprint density at radius 3 is 2.44 bits per heavy atom. The van der Waals surface area contributed by atoms with Gasteiger partial charge in [0, 0.05) is 0 Å². The third kappa shape index (κ3) is 2.19. The van der Waals surface area contributed by atoms with Gasteiger partial charge in [-0.15, -0.1) is 0 Å². The second-order valence-corrected chi connectivity index (χ2v) is 1.94. The number of nitrogens with zero attached hydrogens (tertiary/aromatic N) is 1. The molecule has 0 amide bonds. The molecule has 0 spiro atoms. The zero-order chi connectivity index (χ0) is 6.53. The van der Waals surface area contributed by atoms with E-state index in [4.69, 9.17) is 4.84 Å². The predicted octanol–water partition coefficient (Wildman–Crippen LogP) is 1.71. The number of hydrogen-bond donors (Lipinski definition) is 0. The molecule has 0 aromatic heterocycles. The zero-order valence-electron chi connectivity index (χ0n) is 4.74. The van der Waals surface area contributed by atoms with Gasteiger partial charge in [-0.05, 0) is 0 Å². The van der Waals surface area contributed by atoms with Crippen LogP contribution in [0.2, 0.25) is 0 Å². The van der Waals surface area contributed by atoms with E-state index in [2.05, 4.69) is 3.04 Å². The molecular formula is C6H5NOZr. The van der Waals surface area contributed by atoms with Gasteiger partial charge in [0.2, 0.25) is 0 Å². The average Bonchev–Trinajstić information content (AvgIpc) is 1.91. The van der Waals surface area contributed by atoms with Crippen LogP contribution in [0, 0.1) is 0 Å². The normalized spacial score (nSPS) is 8.33. The first-order valence-corrected chi connectivity index (χ1v) is 3.62. The van der Waals surface area contributed by atoms with E-state index >= 15 is 0 Å². The summed E-state index contributed by atoms with van der Waals surface area (Å²) in [6.45, 7) is 0. The Morgan fingerprint density at radius 2 is 1.89 bits per heavy atom. The van der Waals surface area contributed by atoms with Crippen molar-refractivity contribution in [3.63, 3.8) is 0 Å². The van der Waals surface area contributed by atoms with Gasteiger partial charge in [-0.1, -0.05) is 0 Å². The summed E-state index contributed by atoms with van der Waals surface area (Å²) in [6, 6.07) is 9.50. The van der Waals surface area contributed by atoms with Crippen LogP contribution in [0.4, 0.5) is 0 Å². The van der Waals surface area contributed by atoms with Gasteiger partial charge >= 0.3 is 68.5 Å². The van der Waals surface area contributed by atoms with E-state index in [0.29, 0.717) is 0 Å². The van der Waals surface area contributed by atoms with Crippen LogP contribution in [-0.4, -0.2) is 0 Å². The van der Waals surface area contributed by atoms with E-state index in [9.17, 15) is 0 Å². The van der Waals surface area contributed by atoms with E-state index in [1.54, 1.807) is 0 Å². The van der Waals surface area contributed by atoms with Crippen molar-refractivity contribution in [3.8, 4) is 5.75 Å². The molecule has 0 aliphatic heterocycles.